The second-order valence-electron chi connectivity index (χ2n) is 4.79. The van der Waals surface area contributed by atoms with Crippen LogP contribution in [0, 0.1) is 0 Å². The van der Waals surface area contributed by atoms with E-state index < -0.39 is 0 Å². The van der Waals surface area contributed by atoms with Crippen LogP contribution in [0.2, 0.25) is 5.02 Å². The van der Waals surface area contributed by atoms with E-state index in [-0.39, 0.29) is 0 Å². The van der Waals surface area contributed by atoms with Gasteiger partial charge in [0.25, 0.3) is 0 Å². The minimum Gasteiger partial charge on any atom is -0.382 e. The van der Waals surface area contributed by atoms with Crippen LogP contribution in [-0.2, 0) is 4.74 Å². The first kappa shape index (κ1) is 12.5. The molecule has 1 aromatic carbocycles. The molecule has 100 valence electrons. The molecule has 19 heavy (non-hydrogen) atoms. The lowest BCUT2D eigenvalue weighted by atomic mass is 9.91. The third-order valence-corrected chi connectivity index (χ3v) is 3.84. The Labute approximate surface area is 116 Å². The first-order valence-corrected chi connectivity index (χ1v) is 6.81. The van der Waals surface area contributed by atoms with Crippen LogP contribution in [0.5, 0.6) is 0 Å². The quantitative estimate of drug-likeness (QED) is 0.886. The number of halogens is 1. The molecule has 2 heterocycles. The van der Waals surface area contributed by atoms with Crippen LogP contribution >= 0.6 is 11.6 Å². The van der Waals surface area contributed by atoms with Crippen LogP contribution in [0.4, 0.5) is 5.82 Å². The summed E-state index contributed by atoms with van der Waals surface area (Å²) in [5.41, 5.74) is 9.18. The van der Waals surface area contributed by atoms with Gasteiger partial charge in [-0.25, -0.2) is 0 Å². The van der Waals surface area contributed by atoms with Crippen molar-refractivity contribution >= 4 is 17.4 Å². The number of hydrogen-bond acceptors (Lipinski definition) is 3. The molecule has 2 aromatic rings. The van der Waals surface area contributed by atoms with Crippen LogP contribution in [0.15, 0.2) is 24.3 Å². The second-order valence-corrected chi connectivity index (χ2v) is 5.23. The maximum Gasteiger partial charge on any atom is 0.153 e. The Bertz CT molecular complexity index is 559. The highest BCUT2D eigenvalue weighted by atomic mass is 35.5. The monoisotopic (exact) mass is 277 g/mol. The molecule has 1 aliphatic heterocycles. The number of hydrogen-bond donors (Lipinski definition) is 2. The highest BCUT2D eigenvalue weighted by Gasteiger charge is 2.23. The molecule has 3 N–H and O–H groups in total. The van der Waals surface area contributed by atoms with E-state index in [0.717, 1.165) is 47.9 Å². The number of ether oxygens (including phenoxy) is 1. The van der Waals surface area contributed by atoms with Crippen molar-refractivity contribution in [1.82, 2.24) is 10.2 Å². The molecule has 1 fully saturated rings. The number of nitrogens with one attached hydrogen (secondary N) is 1. The number of aromatic nitrogens is 2. The Morgan fingerprint density at radius 2 is 1.89 bits per heavy atom. The predicted molar refractivity (Wildman–Crippen MR) is 76.2 cm³/mol. The van der Waals surface area contributed by atoms with E-state index in [1.165, 1.54) is 0 Å². The summed E-state index contributed by atoms with van der Waals surface area (Å²) in [6, 6.07) is 7.70. The van der Waals surface area contributed by atoms with Gasteiger partial charge in [-0.2, -0.15) is 5.10 Å². The number of nitrogen functional groups attached to an aromatic ring is 1. The highest BCUT2D eigenvalue weighted by molar-refractivity contribution is 6.30. The molecule has 0 aliphatic carbocycles. The Morgan fingerprint density at radius 1 is 1.21 bits per heavy atom. The van der Waals surface area contributed by atoms with Crippen LogP contribution in [0.25, 0.3) is 11.1 Å². The van der Waals surface area contributed by atoms with Gasteiger partial charge in [0.05, 0.1) is 0 Å². The summed E-state index contributed by atoms with van der Waals surface area (Å²) in [6.07, 6.45) is 2.00. The minimum atomic E-state index is 0.434. The van der Waals surface area contributed by atoms with E-state index in [1.807, 2.05) is 24.3 Å². The summed E-state index contributed by atoms with van der Waals surface area (Å²) in [7, 11) is 0. The number of nitrogens with two attached hydrogens (primary N) is 1. The van der Waals surface area contributed by atoms with Crippen molar-refractivity contribution in [3.8, 4) is 11.1 Å². The molecule has 0 unspecified atom stereocenters. The van der Waals surface area contributed by atoms with E-state index in [4.69, 9.17) is 22.1 Å². The average molecular weight is 278 g/mol. The van der Waals surface area contributed by atoms with Crippen LogP contribution < -0.4 is 5.73 Å². The summed E-state index contributed by atoms with van der Waals surface area (Å²) in [5, 5.41) is 7.98. The van der Waals surface area contributed by atoms with Crippen molar-refractivity contribution in [3.05, 3.63) is 35.0 Å². The fraction of sp³-hybridized carbons (Fsp3) is 0.357. The van der Waals surface area contributed by atoms with E-state index in [1.54, 1.807) is 0 Å². The van der Waals surface area contributed by atoms with Crippen molar-refractivity contribution in [2.45, 2.75) is 18.8 Å². The summed E-state index contributed by atoms with van der Waals surface area (Å²) >= 11 is 5.93. The Balaban J connectivity index is 2.00. The summed E-state index contributed by atoms with van der Waals surface area (Å²) in [6.45, 7) is 1.59. The van der Waals surface area contributed by atoms with E-state index in [0.29, 0.717) is 11.7 Å². The van der Waals surface area contributed by atoms with Crippen molar-refractivity contribution in [3.63, 3.8) is 0 Å². The third-order valence-electron chi connectivity index (χ3n) is 3.58. The second kappa shape index (κ2) is 5.23. The topological polar surface area (TPSA) is 63.9 Å². The number of benzene rings is 1. The zero-order chi connectivity index (χ0) is 13.2. The van der Waals surface area contributed by atoms with Gasteiger partial charge in [0, 0.05) is 35.4 Å². The van der Waals surface area contributed by atoms with Crippen LogP contribution in [-0.4, -0.2) is 23.4 Å². The van der Waals surface area contributed by atoms with Gasteiger partial charge in [-0.15, -0.1) is 0 Å². The Kier molecular flexibility index (Phi) is 3.44. The zero-order valence-electron chi connectivity index (χ0n) is 10.5. The van der Waals surface area contributed by atoms with Crippen molar-refractivity contribution in [2.75, 3.05) is 18.9 Å². The number of anilines is 1. The summed E-state index contributed by atoms with van der Waals surface area (Å²) < 4.78 is 5.41. The normalized spacial score (nSPS) is 16.7. The molecule has 0 bridgehead atoms. The molecular weight excluding hydrogens is 262 g/mol. The average Bonchev–Trinajstić information content (AvgIpc) is 2.83. The molecule has 1 aliphatic rings. The smallest absolute Gasteiger partial charge is 0.153 e. The van der Waals surface area contributed by atoms with Gasteiger partial charge in [-0.3, -0.25) is 5.10 Å². The van der Waals surface area contributed by atoms with Gasteiger partial charge in [-0.05, 0) is 30.5 Å². The van der Waals surface area contributed by atoms with Crippen LogP contribution in [0.3, 0.4) is 0 Å². The first-order valence-electron chi connectivity index (χ1n) is 6.43. The van der Waals surface area contributed by atoms with Gasteiger partial charge >= 0.3 is 0 Å². The highest BCUT2D eigenvalue weighted by Crippen LogP contribution is 2.36. The van der Waals surface area contributed by atoms with Gasteiger partial charge in [0.1, 0.15) is 0 Å². The molecule has 4 nitrogen and oxygen atoms in total. The predicted octanol–water partition coefficient (Wildman–Crippen LogP) is 3.21. The Hall–Kier alpha value is -1.52. The molecule has 3 rings (SSSR count). The van der Waals surface area contributed by atoms with Crippen LogP contribution in [0.1, 0.15) is 24.5 Å². The third kappa shape index (κ3) is 2.46. The number of H-pyrrole nitrogens is 1. The lowest BCUT2D eigenvalue weighted by molar-refractivity contribution is 0.0846. The van der Waals surface area contributed by atoms with Gasteiger partial charge in [0.2, 0.25) is 0 Å². The molecule has 0 amide bonds. The molecule has 0 saturated carbocycles. The number of aromatic amines is 1. The van der Waals surface area contributed by atoms with Gasteiger partial charge in [-0.1, -0.05) is 23.7 Å². The number of rotatable bonds is 2. The lowest BCUT2D eigenvalue weighted by Gasteiger charge is -2.22. The maximum absolute atomic E-state index is 6.01. The summed E-state index contributed by atoms with van der Waals surface area (Å²) in [4.78, 5) is 0. The van der Waals surface area contributed by atoms with Crippen molar-refractivity contribution in [2.24, 2.45) is 0 Å². The van der Waals surface area contributed by atoms with E-state index >= 15 is 0 Å². The molecular formula is C14H16ClN3O. The standard InChI is InChI=1S/C14H16ClN3O/c15-11-3-1-9(2-4-11)12-13(17-18-14(12)16)10-5-7-19-8-6-10/h1-4,10H,5-8H2,(H3,16,17,18). The molecule has 0 atom stereocenters. The van der Waals surface area contributed by atoms with Gasteiger partial charge < -0.3 is 10.5 Å². The zero-order valence-corrected chi connectivity index (χ0v) is 11.3. The molecule has 1 aromatic heterocycles. The van der Waals surface area contributed by atoms with Gasteiger partial charge in [0.15, 0.2) is 5.82 Å². The minimum absolute atomic E-state index is 0.434. The molecule has 1 saturated heterocycles. The SMILES string of the molecule is Nc1n[nH]c(C2CCOCC2)c1-c1ccc(Cl)cc1. The number of nitrogens with zero attached hydrogens (tertiary/aromatic N) is 1. The fourth-order valence-corrected chi connectivity index (χ4v) is 2.70. The summed E-state index contributed by atoms with van der Waals surface area (Å²) in [5.74, 6) is 0.980. The molecule has 0 radical (unpaired) electrons. The van der Waals surface area contributed by atoms with Crippen molar-refractivity contribution < 1.29 is 4.74 Å². The molecule has 5 heteroatoms. The van der Waals surface area contributed by atoms with Crippen molar-refractivity contribution in [1.29, 1.82) is 0 Å². The fourth-order valence-electron chi connectivity index (χ4n) is 2.57. The Morgan fingerprint density at radius 3 is 2.58 bits per heavy atom. The largest absolute Gasteiger partial charge is 0.382 e. The van der Waals surface area contributed by atoms with E-state index in [2.05, 4.69) is 10.2 Å². The lowest BCUT2D eigenvalue weighted by Crippen LogP contribution is -2.15. The maximum atomic E-state index is 6.01. The first-order chi connectivity index (χ1) is 9.25. The van der Waals surface area contributed by atoms with E-state index in [9.17, 15) is 0 Å². The molecule has 0 spiro atoms.